The first-order valence-corrected chi connectivity index (χ1v) is 5.54. The van der Waals surface area contributed by atoms with Crippen molar-refractivity contribution in [1.82, 2.24) is 0 Å². The van der Waals surface area contributed by atoms with Gasteiger partial charge < -0.3 is 5.11 Å². The summed E-state index contributed by atoms with van der Waals surface area (Å²) in [7, 11) is 0. The zero-order valence-electron chi connectivity index (χ0n) is 8.96. The van der Waals surface area contributed by atoms with E-state index < -0.39 is 5.97 Å². The molecule has 14 heavy (non-hydrogen) atoms. The highest BCUT2D eigenvalue weighted by Gasteiger charge is 2.30. The van der Waals surface area contributed by atoms with Crippen LogP contribution < -0.4 is 0 Å². The molecule has 0 aromatic carbocycles. The van der Waals surface area contributed by atoms with Gasteiger partial charge in [0.1, 0.15) is 0 Å². The van der Waals surface area contributed by atoms with E-state index in [-0.39, 0.29) is 5.57 Å². The second-order valence-corrected chi connectivity index (χ2v) is 4.38. The van der Waals surface area contributed by atoms with Gasteiger partial charge in [0.2, 0.25) is 0 Å². The molecule has 0 amide bonds. The molecule has 2 aliphatic rings. The fourth-order valence-corrected chi connectivity index (χ4v) is 2.33. The van der Waals surface area contributed by atoms with Crippen LogP contribution in [0.15, 0.2) is 12.2 Å². The molecule has 0 aromatic heterocycles. The number of hydrogen-bond acceptors (Lipinski definition) is 1. The number of hydrogen-bond donors (Lipinski definition) is 1. The maximum atomic E-state index is 9.83. The van der Waals surface area contributed by atoms with Gasteiger partial charge in [0.25, 0.3) is 0 Å². The average molecular weight is 196 g/mol. The molecule has 2 saturated carbocycles. The zero-order chi connectivity index (χ0) is 10.6. The molecule has 0 spiro atoms. The first-order chi connectivity index (χ1) is 6.63. The Kier molecular flexibility index (Phi) is 4.18. The van der Waals surface area contributed by atoms with E-state index in [2.05, 4.69) is 6.58 Å². The lowest BCUT2D eigenvalue weighted by molar-refractivity contribution is -0.132. The van der Waals surface area contributed by atoms with Gasteiger partial charge in [-0.1, -0.05) is 39.2 Å². The van der Waals surface area contributed by atoms with Gasteiger partial charge >= 0.3 is 5.97 Å². The summed E-state index contributed by atoms with van der Waals surface area (Å²) in [6.45, 7) is 5.03. The van der Waals surface area contributed by atoms with Gasteiger partial charge in [0.15, 0.2) is 0 Å². The monoisotopic (exact) mass is 196 g/mol. The fraction of sp³-hybridized carbons (Fsp3) is 0.750. The van der Waals surface area contributed by atoms with Crippen LogP contribution in [-0.4, -0.2) is 11.1 Å². The zero-order valence-corrected chi connectivity index (χ0v) is 8.96. The summed E-state index contributed by atoms with van der Waals surface area (Å²) in [6.07, 6.45) is 8.35. The van der Waals surface area contributed by atoms with E-state index in [1.165, 1.54) is 11.8 Å². The van der Waals surface area contributed by atoms with Crippen molar-refractivity contribution < 1.29 is 9.90 Å². The molecule has 2 fully saturated rings. The molecular formula is C12H20O2. The predicted octanol–water partition coefficient (Wildman–Crippen LogP) is 3.23. The first-order valence-electron chi connectivity index (χ1n) is 5.54. The van der Waals surface area contributed by atoms with E-state index in [1.807, 2.05) is 0 Å². The molecule has 2 rings (SSSR count). The van der Waals surface area contributed by atoms with Crippen molar-refractivity contribution in [2.45, 2.75) is 45.4 Å². The minimum Gasteiger partial charge on any atom is -0.478 e. The summed E-state index contributed by atoms with van der Waals surface area (Å²) in [5.41, 5.74) is 0.264. The van der Waals surface area contributed by atoms with Crippen molar-refractivity contribution in [3.63, 3.8) is 0 Å². The molecule has 2 nitrogen and oxygen atoms in total. The average Bonchev–Trinajstić information content (AvgIpc) is 2.80. The van der Waals surface area contributed by atoms with Gasteiger partial charge in [-0.3, -0.25) is 0 Å². The highest BCUT2D eigenvalue weighted by molar-refractivity contribution is 5.85. The summed E-state index contributed by atoms with van der Waals surface area (Å²) in [6, 6.07) is 0. The number of carbonyl (C=O) groups is 1. The third-order valence-corrected chi connectivity index (χ3v) is 3.36. The maximum Gasteiger partial charge on any atom is 0.330 e. The molecular weight excluding hydrogens is 176 g/mol. The highest BCUT2D eigenvalue weighted by atomic mass is 16.4. The van der Waals surface area contributed by atoms with Gasteiger partial charge in [-0.15, -0.1) is 0 Å². The summed E-state index contributed by atoms with van der Waals surface area (Å²) >= 11 is 0. The fourth-order valence-electron chi connectivity index (χ4n) is 2.33. The molecule has 0 aromatic rings. The van der Waals surface area contributed by atoms with Crippen LogP contribution in [0.2, 0.25) is 0 Å². The molecule has 0 aliphatic heterocycles. The Balaban J connectivity index is 0.000000140. The van der Waals surface area contributed by atoms with Gasteiger partial charge in [-0.05, 0) is 24.7 Å². The van der Waals surface area contributed by atoms with Crippen LogP contribution in [0.1, 0.15) is 45.4 Å². The van der Waals surface area contributed by atoms with E-state index in [0.717, 1.165) is 0 Å². The Bertz CT molecular complexity index is 202. The van der Waals surface area contributed by atoms with Crippen molar-refractivity contribution in [2.24, 2.45) is 11.8 Å². The second-order valence-electron chi connectivity index (χ2n) is 4.38. The van der Waals surface area contributed by atoms with Crippen molar-refractivity contribution in [2.75, 3.05) is 0 Å². The van der Waals surface area contributed by atoms with Crippen LogP contribution in [0.3, 0.4) is 0 Å². The van der Waals surface area contributed by atoms with E-state index in [9.17, 15) is 4.79 Å². The number of fused-ring (bicyclic) bond motifs is 2. The summed E-state index contributed by atoms with van der Waals surface area (Å²) in [5, 5.41) is 8.08. The minimum absolute atomic E-state index is 0.264. The van der Waals surface area contributed by atoms with Crippen molar-refractivity contribution in [1.29, 1.82) is 0 Å². The molecule has 2 aliphatic carbocycles. The number of carboxylic acid groups (broad SMARTS) is 1. The lowest BCUT2D eigenvalue weighted by Crippen LogP contribution is -1.95. The van der Waals surface area contributed by atoms with Gasteiger partial charge in [0, 0.05) is 5.57 Å². The minimum atomic E-state index is -0.900. The van der Waals surface area contributed by atoms with Gasteiger partial charge in [0.05, 0.1) is 0 Å². The SMILES string of the molecule is C1CC2CCC1C2.C=C(CC)C(=O)O. The molecule has 0 atom stereocenters. The summed E-state index contributed by atoms with van der Waals surface area (Å²) < 4.78 is 0. The third-order valence-electron chi connectivity index (χ3n) is 3.36. The number of carboxylic acids is 1. The number of rotatable bonds is 2. The van der Waals surface area contributed by atoms with Gasteiger partial charge in [-0.2, -0.15) is 0 Å². The van der Waals surface area contributed by atoms with E-state index in [0.29, 0.717) is 6.42 Å². The largest absolute Gasteiger partial charge is 0.478 e. The van der Waals surface area contributed by atoms with Gasteiger partial charge in [-0.25, -0.2) is 4.79 Å². The van der Waals surface area contributed by atoms with Crippen molar-refractivity contribution in [3.05, 3.63) is 12.2 Å². The summed E-state index contributed by atoms with van der Waals surface area (Å²) in [5.74, 6) is 1.44. The van der Waals surface area contributed by atoms with Crippen LogP contribution in [0.5, 0.6) is 0 Å². The van der Waals surface area contributed by atoms with Crippen LogP contribution >= 0.6 is 0 Å². The third kappa shape index (κ3) is 3.17. The molecule has 0 unspecified atom stereocenters. The van der Waals surface area contributed by atoms with Crippen molar-refractivity contribution >= 4 is 5.97 Å². The lowest BCUT2D eigenvalue weighted by atomic mass is 10.0. The van der Waals surface area contributed by atoms with E-state index in [4.69, 9.17) is 5.11 Å². The van der Waals surface area contributed by atoms with E-state index in [1.54, 1.807) is 39.0 Å². The topological polar surface area (TPSA) is 37.3 Å². The summed E-state index contributed by atoms with van der Waals surface area (Å²) in [4.78, 5) is 9.83. The molecule has 80 valence electrons. The van der Waals surface area contributed by atoms with Crippen LogP contribution in [0, 0.1) is 11.8 Å². The van der Waals surface area contributed by atoms with Crippen LogP contribution in [0.25, 0.3) is 0 Å². The quantitative estimate of drug-likeness (QED) is 0.688. The second kappa shape index (κ2) is 5.18. The van der Waals surface area contributed by atoms with Crippen LogP contribution in [0.4, 0.5) is 0 Å². The molecule has 0 radical (unpaired) electrons. The standard InChI is InChI=1S/C7H12.C5H8O2/c1-2-7-4-3-6(1)5-7;1-3-4(2)5(6)7/h6-7H,1-5H2;2-3H2,1H3,(H,6,7). The van der Waals surface area contributed by atoms with E-state index >= 15 is 0 Å². The Morgan fingerprint density at radius 1 is 1.29 bits per heavy atom. The maximum absolute atomic E-state index is 9.83. The molecule has 0 heterocycles. The highest BCUT2D eigenvalue weighted by Crippen LogP contribution is 2.43. The normalized spacial score (nSPS) is 28.1. The Labute approximate surface area is 86.0 Å². The molecule has 2 bridgehead atoms. The Morgan fingerprint density at radius 2 is 1.71 bits per heavy atom. The molecule has 2 heteroatoms. The van der Waals surface area contributed by atoms with Crippen molar-refractivity contribution in [3.8, 4) is 0 Å². The number of aliphatic carboxylic acids is 1. The smallest absolute Gasteiger partial charge is 0.330 e. The van der Waals surface area contributed by atoms with Crippen LogP contribution in [-0.2, 0) is 4.79 Å². The lowest BCUT2D eigenvalue weighted by Gasteiger charge is -2.05. The predicted molar refractivity (Wildman–Crippen MR) is 57.1 cm³/mol. The Hall–Kier alpha value is -0.790. The molecule has 1 N–H and O–H groups in total. The first kappa shape index (κ1) is 11.3. The Morgan fingerprint density at radius 3 is 1.79 bits per heavy atom. The molecule has 0 saturated heterocycles.